The third-order valence-corrected chi connectivity index (χ3v) is 4.92. The zero-order chi connectivity index (χ0) is 16.2. The third kappa shape index (κ3) is 3.75. The van der Waals surface area contributed by atoms with E-state index >= 15 is 0 Å². The Hall–Kier alpha value is -2.25. The highest BCUT2D eigenvalue weighted by molar-refractivity contribution is 7.10. The van der Waals surface area contributed by atoms with Crippen LogP contribution in [0.25, 0.3) is 0 Å². The van der Waals surface area contributed by atoms with Crippen molar-refractivity contribution in [3.63, 3.8) is 0 Å². The Morgan fingerprint density at radius 1 is 1.35 bits per heavy atom. The van der Waals surface area contributed by atoms with Gasteiger partial charge in [0.25, 0.3) is 5.69 Å². The molecule has 1 aromatic heterocycles. The van der Waals surface area contributed by atoms with Gasteiger partial charge in [0.15, 0.2) is 0 Å². The molecular formula is C16H17N3O3S. The van der Waals surface area contributed by atoms with Gasteiger partial charge >= 0.3 is 0 Å². The summed E-state index contributed by atoms with van der Waals surface area (Å²) in [5, 5.41) is 15.5. The van der Waals surface area contributed by atoms with Crippen molar-refractivity contribution in [3.8, 4) is 0 Å². The number of rotatable bonds is 5. The normalized spacial score (nSPS) is 18.0. The number of nitro benzene ring substituents is 1. The molecule has 7 heteroatoms. The van der Waals surface area contributed by atoms with E-state index in [9.17, 15) is 14.9 Å². The molecule has 120 valence electrons. The van der Waals surface area contributed by atoms with Gasteiger partial charge in [-0.2, -0.15) is 0 Å². The van der Waals surface area contributed by atoms with E-state index in [1.807, 2.05) is 6.07 Å². The van der Waals surface area contributed by atoms with E-state index in [4.69, 9.17) is 0 Å². The number of carbonyl (C=O) groups is 1. The first-order valence-electron chi connectivity index (χ1n) is 7.45. The van der Waals surface area contributed by atoms with E-state index < -0.39 is 4.92 Å². The first-order chi connectivity index (χ1) is 11.1. The van der Waals surface area contributed by atoms with Gasteiger partial charge in [-0.1, -0.05) is 6.07 Å². The van der Waals surface area contributed by atoms with Crippen LogP contribution in [0.5, 0.6) is 0 Å². The molecule has 6 nitrogen and oxygen atoms in total. The monoisotopic (exact) mass is 331 g/mol. The Morgan fingerprint density at radius 2 is 2.13 bits per heavy atom. The van der Waals surface area contributed by atoms with Crippen LogP contribution in [0.2, 0.25) is 0 Å². The molecule has 1 N–H and O–H groups in total. The second-order valence-electron chi connectivity index (χ2n) is 5.50. The molecule has 23 heavy (non-hydrogen) atoms. The van der Waals surface area contributed by atoms with E-state index in [-0.39, 0.29) is 11.6 Å². The van der Waals surface area contributed by atoms with Crippen molar-refractivity contribution in [1.29, 1.82) is 0 Å². The third-order valence-electron chi connectivity index (χ3n) is 3.94. The van der Waals surface area contributed by atoms with Crippen molar-refractivity contribution < 1.29 is 9.72 Å². The Balaban J connectivity index is 1.59. The van der Waals surface area contributed by atoms with E-state index in [2.05, 4.69) is 21.7 Å². The van der Waals surface area contributed by atoms with Crippen LogP contribution < -0.4 is 5.32 Å². The maximum absolute atomic E-state index is 12.2. The molecule has 0 spiro atoms. The molecule has 2 aromatic rings. The second kappa shape index (κ2) is 6.89. The minimum absolute atomic E-state index is 0.0142. The summed E-state index contributed by atoms with van der Waals surface area (Å²) in [4.78, 5) is 25.9. The number of nitrogens with one attached hydrogen (secondary N) is 1. The highest BCUT2D eigenvalue weighted by atomic mass is 32.1. The zero-order valence-corrected chi connectivity index (χ0v) is 13.3. The van der Waals surface area contributed by atoms with Crippen LogP contribution in [0.4, 0.5) is 11.4 Å². The largest absolute Gasteiger partial charge is 0.325 e. The molecule has 1 fully saturated rings. The number of hydrogen-bond donors (Lipinski definition) is 1. The van der Waals surface area contributed by atoms with Crippen molar-refractivity contribution in [1.82, 2.24) is 4.90 Å². The number of carbonyl (C=O) groups excluding carboxylic acids is 1. The lowest BCUT2D eigenvalue weighted by molar-refractivity contribution is -0.384. The number of amides is 1. The molecule has 3 rings (SSSR count). The maximum Gasteiger partial charge on any atom is 0.269 e. The summed E-state index contributed by atoms with van der Waals surface area (Å²) in [6.07, 6.45) is 2.17. The van der Waals surface area contributed by atoms with Gasteiger partial charge in [-0.25, -0.2) is 0 Å². The number of benzene rings is 1. The molecule has 1 saturated heterocycles. The van der Waals surface area contributed by atoms with Crippen LogP contribution in [0.3, 0.4) is 0 Å². The average Bonchev–Trinajstić information content (AvgIpc) is 3.18. The molecule has 0 radical (unpaired) electrons. The highest BCUT2D eigenvalue weighted by Gasteiger charge is 2.28. The Kier molecular flexibility index (Phi) is 4.68. The SMILES string of the molecule is O=C(CN1CCC[C@@H]1c1cccs1)Nc1ccc([N+](=O)[O-])cc1. The van der Waals surface area contributed by atoms with Gasteiger partial charge in [0, 0.05) is 28.7 Å². The fourth-order valence-electron chi connectivity index (χ4n) is 2.87. The lowest BCUT2D eigenvalue weighted by Crippen LogP contribution is -2.32. The average molecular weight is 331 g/mol. The summed E-state index contributed by atoms with van der Waals surface area (Å²) in [6.45, 7) is 1.25. The van der Waals surface area contributed by atoms with Crippen molar-refractivity contribution in [2.45, 2.75) is 18.9 Å². The molecule has 1 aromatic carbocycles. The molecule has 0 bridgehead atoms. The standard InChI is InChI=1S/C16H17N3O3S/c20-16(17-12-5-7-13(8-6-12)19(21)22)11-18-9-1-3-14(18)15-4-2-10-23-15/h2,4-8,10,14H,1,3,9,11H2,(H,17,20)/t14-/m1/s1. The number of likely N-dealkylation sites (tertiary alicyclic amines) is 1. The van der Waals surface area contributed by atoms with Crippen LogP contribution in [-0.4, -0.2) is 28.8 Å². The fraction of sp³-hybridized carbons (Fsp3) is 0.312. The smallest absolute Gasteiger partial charge is 0.269 e. The van der Waals surface area contributed by atoms with Gasteiger partial charge < -0.3 is 5.32 Å². The van der Waals surface area contributed by atoms with Gasteiger partial charge in [0.1, 0.15) is 0 Å². The maximum atomic E-state index is 12.2. The van der Waals surface area contributed by atoms with Crippen molar-refractivity contribution in [2.24, 2.45) is 0 Å². The molecule has 1 aliphatic rings. The molecule has 0 aliphatic carbocycles. The van der Waals surface area contributed by atoms with Crippen molar-refractivity contribution >= 4 is 28.6 Å². The topological polar surface area (TPSA) is 75.5 Å². The lowest BCUT2D eigenvalue weighted by atomic mass is 10.2. The molecule has 0 saturated carbocycles. The van der Waals surface area contributed by atoms with Gasteiger partial charge in [0.05, 0.1) is 11.5 Å². The van der Waals surface area contributed by atoms with Crippen LogP contribution >= 0.6 is 11.3 Å². The quantitative estimate of drug-likeness (QED) is 0.673. The lowest BCUT2D eigenvalue weighted by Gasteiger charge is -2.22. The molecule has 2 heterocycles. The number of thiophene rings is 1. The number of anilines is 1. The van der Waals surface area contributed by atoms with E-state index in [1.54, 1.807) is 23.5 Å². The minimum Gasteiger partial charge on any atom is -0.325 e. The van der Waals surface area contributed by atoms with Crippen molar-refractivity contribution in [2.75, 3.05) is 18.4 Å². The van der Waals surface area contributed by atoms with Gasteiger partial charge in [-0.3, -0.25) is 19.8 Å². The summed E-state index contributed by atoms with van der Waals surface area (Å²) in [7, 11) is 0. The predicted molar refractivity (Wildman–Crippen MR) is 89.6 cm³/mol. The molecule has 1 amide bonds. The van der Waals surface area contributed by atoms with Crippen molar-refractivity contribution in [3.05, 3.63) is 56.8 Å². The second-order valence-corrected chi connectivity index (χ2v) is 6.48. The highest BCUT2D eigenvalue weighted by Crippen LogP contribution is 2.34. The minimum atomic E-state index is -0.457. The molecule has 1 aliphatic heterocycles. The predicted octanol–water partition coefficient (Wildman–Crippen LogP) is 3.43. The fourth-order valence-corrected chi connectivity index (χ4v) is 3.77. The Bertz CT molecular complexity index is 685. The molecule has 1 atom stereocenters. The first kappa shape index (κ1) is 15.6. The number of nitro groups is 1. The molecular weight excluding hydrogens is 314 g/mol. The van der Waals surface area contributed by atoms with Gasteiger partial charge in [-0.05, 0) is 43.0 Å². The Morgan fingerprint density at radius 3 is 2.78 bits per heavy atom. The van der Waals surface area contributed by atoms with Crippen LogP contribution in [-0.2, 0) is 4.79 Å². The van der Waals surface area contributed by atoms with Crippen LogP contribution in [0.15, 0.2) is 41.8 Å². The summed E-state index contributed by atoms with van der Waals surface area (Å²) >= 11 is 1.72. The van der Waals surface area contributed by atoms with Crippen LogP contribution in [0.1, 0.15) is 23.8 Å². The number of hydrogen-bond acceptors (Lipinski definition) is 5. The van der Waals surface area contributed by atoms with Gasteiger partial charge in [-0.15, -0.1) is 11.3 Å². The number of nitrogens with zero attached hydrogens (tertiary/aromatic N) is 2. The van der Waals surface area contributed by atoms with E-state index in [0.717, 1.165) is 19.4 Å². The van der Waals surface area contributed by atoms with E-state index in [1.165, 1.54) is 17.0 Å². The summed E-state index contributed by atoms with van der Waals surface area (Å²) < 4.78 is 0. The summed E-state index contributed by atoms with van der Waals surface area (Å²) in [5.74, 6) is -0.0951. The van der Waals surface area contributed by atoms with E-state index in [0.29, 0.717) is 18.3 Å². The summed E-state index contributed by atoms with van der Waals surface area (Å²) in [6, 6.07) is 10.3. The van der Waals surface area contributed by atoms with Gasteiger partial charge in [0.2, 0.25) is 5.91 Å². The van der Waals surface area contributed by atoms with Crippen LogP contribution in [0, 0.1) is 10.1 Å². The Labute approximate surface area is 137 Å². The molecule has 0 unspecified atom stereocenters. The number of non-ortho nitro benzene ring substituents is 1. The zero-order valence-electron chi connectivity index (χ0n) is 12.5. The summed E-state index contributed by atoms with van der Waals surface area (Å²) in [5.41, 5.74) is 0.591. The first-order valence-corrected chi connectivity index (χ1v) is 8.33.